The molecule has 0 aliphatic heterocycles. The van der Waals surface area contributed by atoms with Gasteiger partial charge in [-0.15, -0.1) is 0 Å². The van der Waals surface area contributed by atoms with Crippen LogP contribution in [0.1, 0.15) is 116 Å². The van der Waals surface area contributed by atoms with Gasteiger partial charge in [-0.05, 0) is 53.3 Å². The molecule has 0 unspecified atom stereocenters. The Bertz CT molecular complexity index is 309. The molecule has 0 atom stereocenters. The second-order valence-electron chi connectivity index (χ2n) is 12.9. The summed E-state index contributed by atoms with van der Waals surface area (Å²) in [5.74, 6) is 0.852. The maximum Gasteiger partial charge on any atom is -0.0274 e. The van der Waals surface area contributed by atoms with E-state index in [-0.39, 0.29) is 0 Å². The standard InChI is InChI=1S/C12H26.C12H24/c2*1-10(8-11(2,3)4)9-12(5,6)7/h10H,8-9H2,1-7H3;1,8-9H2,2-7H3. The molecule has 0 aliphatic carbocycles. The molecule has 0 radical (unpaired) electrons. The quantitative estimate of drug-likeness (QED) is 0.449. The van der Waals surface area contributed by atoms with Gasteiger partial charge in [0.25, 0.3) is 0 Å². The van der Waals surface area contributed by atoms with Crippen molar-refractivity contribution in [3.8, 4) is 0 Å². The summed E-state index contributed by atoms with van der Waals surface area (Å²) in [6.07, 6.45) is 4.96. The average Bonchev–Trinajstić information content (AvgIpc) is 2.02. The number of hydrogen-bond donors (Lipinski definition) is 0. The van der Waals surface area contributed by atoms with E-state index < -0.39 is 0 Å². The van der Waals surface area contributed by atoms with Gasteiger partial charge in [0.15, 0.2) is 0 Å². The Balaban J connectivity index is 0. The molecule has 0 aromatic rings. The minimum Gasteiger partial charge on any atom is -0.0998 e. The van der Waals surface area contributed by atoms with Gasteiger partial charge in [-0.25, -0.2) is 0 Å². The maximum atomic E-state index is 4.13. The minimum atomic E-state index is 0.391. The largest absolute Gasteiger partial charge is 0.0998 e. The first kappa shape index (κ1) is 26.0. The van der Waals surface area contributed by atoms with Crippen LogP contribution in [0.2, 0.25) is 0 Å². The van der Waals surface area contributed by atoms with E-state index in [0.29, 0.717) is 21.7 Å². The van der Waals surface area contributed by atoms with Crippen LogP contribution in [0.15, 0.2) is 12.2 Å². The molecule has 0 N–H and O–H groups in total. The Morgan fingerprint density at radius 3 is 1.00 bits per heavy atom. The Kier molecular flexibility index (Phi) is 10.2. The molecule has 146 valence electrons. The van der Waals surface area contributed by atoms with Crippen molar-refractivity contribution >= 4 is 0 Å². The molecule has 0 fully saturated rings. The number of hydrogen-bond acceptors (Lipinski definition) is 0. The molecule has 0 aromatic carbocycles. The zero-order valence-electron chi connectivity index (χ0n) is 19.6. The topological polar surface area (TPSA) is 0 Å². The van der Waals surface area contributed by atoms with Crippen LogP contribution in [-0.2, 0) is 0 Å². The number of allylic oxidation sites excluding steroid dienone is 1. The van der Waals surface area contributed by atoms with Gasteiger partial charge in [-0.1, -0.05) is 102 Å². The van der Waals surface area contributed by atoms with E-state index in [2.05, 4.69) is 96.6 Å². The summed E-state index contributed by atoms with van der Waals surface area (Å²) in [4.78, 5) is 0. The highest BCUT2D eigenvalue weighted by Crippen LogP contribution is 2.32. The van der Waals surface area contributed by atoms with Crippen LogP contribution < -0.4 is 0 Å². The summed E-state index contributed by atoms with van der Waals surface area (Å²) in [6.45, 7) is 34.0. The van der Waals surface area contributed by atoms with Gasteiger partial charge in [0.05, 0.1) is 0 Å². The van der Waals surface area contributed by atoms with Crippen LogP contribution in [0.5, 0.6) is 0 Å². The Morgan fingerprint density at radius 1 is 0.583 bits per heavy atom. The summed E-state index contributed by atoms with van der Waals surface area (Å²) in [7, 11) is 0. The molecule has 0 heterocycles. The highest BCUT2D eigenvalue weighted by atomic mass is 14.3. The first-order chi connectivity index (χ1) is 10.2. The Hall–Kier alpha value is -0.260. The van der Waals surface area contributed by atoms with E-state index in [1.165, 1.54) is 18.4 Å². The van der Waals surface area contributed by atoms with Crippen molar-refractivity contribution in [1.29, 1.82) is 0 Å². The third-order valence-electron chi connectivity index (χ3n) is 3.48. The molecule has 0 heteroatoms. The number of rotatable bonds is 4. The molecular formula is C24H50. The van der Waals surface area contributed by atoms with Crippen LogP contribution in [0.3, 0.4) is 0 Å². The fourth-order valence-corrected chi connectivity index (χ4v) is 3.73. The minimum absolute atomic E-state index is 0.391. The molecule has 24 heavy (non-hydrogen) atoms. The van der Waals surface area contributed by atoms with Crippen LogP contribution in [0, 0.1) is 27.6 Å². The van der Waals surface area contributed by atoms with Crippen LogP contribution >= 0.6 is 0 Å². The van der Waals surface area contributed by atoms with Crippen LogP contribution in [-0.4, -0.2) is 0 Å². The lowest BCUT2D eigenvalue weighted by Gasteiger charge is -2.28. The van der Waals surface area contributed by atoms with E-state index in [1.54, 1.807) is 0 Å². The summed E-state index contributed by atoms with van der Waals surface area (Å²) < 4.78 is 0. The molecular weight excluding hydrogens is 288 g/mol. The van der Waals surface area contributed by atoms with Gasteiger partial charge < -0.3 is 0 Å². The first-order valence-corrected chi connectivity index (χ1v) is 9.87. The monoisotopic (exact) mass is 338 g/mol. The molecule has 0 bridgehead atoms. The lowest BCUT2D eigenvalue weighted by Crippen LogP contribution is -2.16. The van der Waals surface area contributed by atoms with Crippen molar-refractivity contribution in [2.24, 2.45) is 27.6 Å². The van der Waals surface area contributed by atoms with E-state index >= 15 is 0 Å². The summed E-state index contributed by atoms with van der Waals surface area (Å²) in [5.41, 5.74) is 3.15. The predicted molar refractivity (Wildman–Crippen MR) is 115 cm³/mol. The SMILES string of the molecule is C=C(CC(C)(C)C)CC(C)(C)C.CC(CC(C)(C)C)CC(C)(C)C. The zero-order chi connectivity index (χ0) is 20.0. The second-order valence-corrected chi connectivity index (χ2v) is 12.9. The first-order valence-electron chi connectivity index (χ1n) is 9.87. The fourth-order valence-electron chi connectivity index (χ4n) is 3.73. The molecule has 0 saturated carbocycles. The maximum absolute atomic E-state index is 4.13. The molecule has 0 amide bonds. The lowest BCUT2D eigenvalue weighted by atomic mass is 9.78. The molecule has 0 nitrogen and oxygen atoms in total. The van der Waals surface area contributed by atoms with Gasteiger partial charge in [0.1, 0.15) is 0 Å². The smallest absolute Gasteiger partial charge is 0.0274 e. The van der Waals surface area contributed by atoms with Crippen molar-refractivity contribution in [3.05, 3.63) is 12.2 Å². The Labute approximate surface area is 155 Å². The van der Waals surface area contributed by atoms with Gasteiger partial charge in [0, 0.05) is 0 Å². The van der Waals surface area contributed by atoms with Crippen molar-refractivity contribution in [2.75, 3.05) is 0 Å². The Morgan fingerprint density at radius 2 is 0.833 bits per heavy atom. The third kappa shape index (κ3) is 24.0. The van der Waals surface area contributed by atoms with E-state index in [0.717, 1.165) is 18.8 Å². The highest BCUT2D eigenvalue weighted by Gasteiger charge is 2.20. The van der Waals surface area contributed by atoms with Crippen molar-refractivity contribution in [1.82, 2.24) is 0 Å². The van der Waals surface area contributed by atoms with Crippen molar-refractivity contribution < 1.29 is 0 Å². The molecule has 0 aromatic heterocycles. The third-order valence-corrected chi connectivity index (χ3v) is 3.48. The van der Waals surface area contributed by atoms with Crippen molar-refractivity contribution in [2.45, 2.75) is 116 Å². The zero-order valence-corrected chi connectivity index (χ0v) is 19.6. The summed E-state index contributed by atoms with van der Waals surface area (Å²) in [6, 6.07) is 0. The van der Waals surface area contributed by atoms with Gasteiger partial charge in [-0.2, -0.15) is 0 Å². The van der Waals surface area contributed by atoms with E-state index in [4.69, 9.17) is 0 Å². The second kappa shape index (κ2) is 9.44. The normalized spacial score (nSPS) is 13.6. The highest BCUT2D eigenvalue weighted by molar-refractivity contribution is 5.00. The molecule has 0 spiro atoms. The molecule has 0 rings (SSSR count). The molecule has 0 aliphatic rings. The molecule has 0 saturated heterocycles. The average molecular weight is 339 g/mol. The van der Waals surface area contributed by atoms with Crippen LogP contribution in [0.25, 0.3) is 0 Å². The lowest BCUT2D eigenvalue weighted by molar-refractivity contribution is 0.233. The van der Waals surface area contributed by atoms with Gasteiger partial charge >= 0.3 is 0 Å². The van der Waals surface area contributed by atoms with Gasteiger partial charge in [-0.3, -0.25) is 0 Å². The van der Waals surface area contributed by atoms with Crippen molar-refractivity contribution in [3.63, 3.8) is 0 Å². The fraction of sp³-hybridized carbons (Fsp3) is 0.917. The predicted octanol–water partition coefficient (Wildman–Crippen LogP) is 8.91. The van der Waals surface area contributed by atoms with E-state index in [9.17, 15) is 0 Å². The van der Waals surface area contributed by atoms with Gasteiger partial charge in [0.2, 0.25) is 0 Å². The summed E-state index contributed by atoms with van der Waals surface area (Å²) in [5, 5.41) is 0. The van der Waals surface area contributed by atoms with E-state index in [1.807, 2.05) is 0 Å². The van der Waals surface area contributed by atoms with Crippen LogP contribution in [0.4, 0.5) is 0 Å². The summed E-state index contributed by atoms with van der Waals surface area (Å²) >= 11 is 0.